The van der Waals surface area contributed by atoms with Crippen molar-refractivity contribution >= 4 is 108 Å². The van der Waals surface area contributed by atoms with Gasteiger partial charge in [-0.1, -0.05) is 328 Å². The molecule has 0 bridgehead atoms. The fourth-order valence-corrected chi connectivity index (χ4v) is 17.3. The van der Waals surface area contributed by atoms with Crippen LogP contribution in [0.1, 0.15) is 0 Å². The minimum atomic E-state index is 1.11. The minimum absolute atomic E-state index is 1.11. The first kappa shape index (κ1) is 59.2. The van der Waals surface area contributed by atoms with Crippen LogP contribution in [-0.4, -0.2) is 9.13 Å². The van der Waals surface area contributed by atoms with E-state index in [4.69, 9.17) is 0 Å². The van der Waals surface area contributed by atoms with Crippen LogP contribution in [0.25, 0.3) is 209 Å². The molecule has 19 aromatic carbocycles. The SMILES string of the molecule is c1ccc(-c2c(-c3ccccc3)n(-c3ccc(-c4ccc5ccccc5c4)c4ccccc34)c3cc4c(-c5ccc6ccccc6c5)c5cc6c(-c7ccccc7)c(-c7ccccc7)n(-c7ccc(-c8ccc9ccccc9c8)c8ccccc78)c6cc5c(-c5ccc6ccccc6c5)c4cc23)cc1. The Labute approximate surface area is 602 Å². The molecular weight excluding hydrogens is 1250 g/mol. The second-order valence-corrected chi connectivity index (χ2v) is 27.8. The van der Waals surface area contributed by atoms with Crippen molar-refractivity contribution in [2.24, 2.45) is 0 Å². The second-order valence-electron chi connectivity index (χ2n) is 27.8. The highest BCUT2D eigenvalue weighted by Crippen LogP contribution is 2.54. The Kier molecular flexibility index (Phi) is 13.7. The average Bonchev–Trinajstić information content (AvgIpc) is 1.43. The molecule has 0 unspecified atom stereocenters. The highest BCUT2D eigenvalue weighted by Gasteiger charge is 2.30. The summed E-state index contributed by atoms with van der Waals surface area (Å²) in [6.45, 7) is 0. The summed E-state index contributed by atoms with van der Waals surface area (Å²) in [6, 6.07) is 146. The number of nitrogens with zero attached hydrogens (tertiary/aromatic N) is 2. The van der Waals surface area contributed by atoms with Gasteiger partial charge in [0.05, 0.1) is 33.8 Å². The van der Waals surface area contributed by atoms with Crippen LogP contribution in [0, 0.1) is 0 Å². The summed E-state index contributed by atoms with van der Waals surface area (Å²) in [7, 11) is 0. The Balaban J connectivity index is 0.957. The highest BCUT2D eigenvalue weighted by atomic mass is 15.0. The zero-order valence-electron chi connectivity index (χ0n) is 56.8. The maximum atomic E-state index is 2.61. The van der Waals surface area contributed by atoms with Crippen LogP contribution >= 0.6 is 0 Å². The van der Waals surface area contributed by atoms with Gasteiger partial charge < -0.3 is 9.13 Å². The lowest BCUT2D eigenvalue weighted by molar-refractivity contribution is 1.15. The normalized spacial score (nSPS) is 11.8. The van der Waals surface area contributed by atoms with E-state index in [-0.39, 0.29) is 0 Å². The van der Waals surface area contributed by atoms with Crippen molar-refractivity contribution in [2.45, 2.75) is 0 Å². The second kappa shape index (κ2) is 24.0. The summed E-state index contributed by atoms with van der Waals surface area (Å²) in [5.41, 5.74) is 23.1. The van der Waals surface area contributed by atoms with Crippen molar-refractivity contribution in [1.82, 2.24) is 9.13 Å². The molecule has 21 aromatic rings. The van der Waals surface area contributed by atoms with Crippen LogP contribution in [0.3, 0.4) is 0 Å². The third-order valence-corrected chi connectivity index (χ3v) is 22.0. The summed E-state index contributed by atoms with van der Waals surface area (Å²) in [6.07, 6.45) is 0. The van der Waals surface area contributed by atoms with Gasteiger partial charge in [-0.05, 0) is 203 Å². The molecule has 0 aliphatic carbocycles. The standard InChI is InChI=1S/C102H64N2/c1-5-29-69(30-6-1)99-91-61-87-89(63-95(91)103(101(99)71-33-9-3-10-34-71)93-55-53-81(83-41-21-23-43-85(83)93)77-49-45-65-25-13-17-37-73(65)57-77)98(80-52-48-68-28-16-20-40-76(68)60-80)88-62-92-96(64-90(88)97(87)79-51-47-67-27-15-19-39-75(67)59-79)104(102(72-35-11-4-12-36-72)100(92)70-31-7-2-8-32-70)94-56-54-82(84-42-22-24-44-86(84)94)78-50-46-66-26-14-18-38-74(66)58-78/h1-64H. The monoisotopic (exact) mass is 1320 g/mol. The molecule has 2 heteroatoms. The van der Waals surface area contributed by atoms with Crippen LogP contribution in [0.4, 0.5) is 0 Å². The lowest BCUT2D eigenvalue weighted by Crippen LogP contribution is -2.00. The molecule has 0 N–H and O–H groups in total. The number of rotatable bonds is 10. The fourth-order valence-electron chi connectivity index (χ4n) is 17.3. The molecule has 0 saturated carbocycles. The molecule has 2 nitrogen and oxygen atoms in total. The summed E-state index contributed by atoms with van der Waals surface area (Å²) in [5.74, 6) is 0. The van der Waals surface area contributed by atoms with Crippen molar-refractivity contribution in [3.63, 3.8) is 0 Å². The third kappa shape index (κ3) is 9.50. The van der Waals surface area contributed by atoms with Crippen molar-refractivity contribution in [2.75, 3.05) is 0 Å². The molecule has 0 atom stereocenters. The molecule has 21 rings (SSSR count). The van der Waals surface area contributed by atoms with Crippen LogP contribution in [0.2, 0.25) is 0 Å². The van der Waals surface area contributed by atoms with Crippen molar-refractivity contribution in [1.29, 1.82) is 0 Å². The van der Waals surface area contributed by atoms with Crippen LogP contribution in [0.5, 0.6) is 0 Å². The van der Waals surface area contributed by atoms with E-state index in [0.717, 1.165) is 88.7 Å². The predicted molar refractivity (Wildman–Crippen MR) is 444 cm³/mol. The Hall–Kier alpha value is -13.7. The quantitative estimate of drug-likeness (QED) is 0.121. The van der Waals surface area contributed by atoms with Gasteiger partial charge in [0, 0.05) is 32.7 Å². The molecule has 0 saturated heterocycles. The van der Waals surface area contributed by atoms with Crippen LogP contribution in [0.15, 0.2) is 388 Å². The van der Waals surface area contributed by atoms with E-state index < -0.39 is 0 Å². The van der Waals surface area contributed by atoms with Gasteiger partial charge in [0.25, 0.3) is 0 Å². The summed E-state index contributed by atoms with van der Waals surface area (Å²) in [5, 5.41) is 21.4. The van der Waals surface area contributed by atoms with Gasteiger partial charge in [0.1, 0.15) is 0 Å². The van der Waals surface area contributed by atoms with Crippen molar-refractivity contribution in [3.05, 3.63) is 388 Å². The van der Waals surface area contributed by atoms with Gasteiger partial charge >= 0.3 is 0 Å². The Morgan fingerprint density at radius 1 is 0.144 bits per heavy atom. The number of aromatic nitrogens is 2. The molecule has 482 valence electrons. The molecule has 0 aliphatic heterocycles. The molecule has 2 aromatic heterocycles. The lowest BCUT2D eigenvalue weighted by atomic mass is 9.83. The fraction of sp³-hybridized carbons (Fsp3) is 0. The van der Waals surface area contributed by atoms with Gasteiger partial charge in [-0.25, -0.2) is 0 Å². The molecule has 0 spiro atoms. The van der Waals surface area contributed by atoms with Gasteiger partial charge in [0.2, 0.25) is 0 Å². The van der Waals surface area contributed by atoms with E-state index in [1.54, 1.807) is 0 Å². The van der Waals surface area contributed by atoms with Gasteiger partial charge in [0.15, 0.2) is 0 Å². The molecular formula is C102H64N2. The molecule has 0 fully saturated rings. The predicted octanol–water partition coefficient (Wildman–Crippen LogP) is 28.1. The highest BCUT2D eigenvalue weighted by molar-refractivity contribution is 6.29. The molecule has 0 aliphatic rings. The van der Waals surface area contributed by atoms with E-state index in [1.807, 2.05) is 0 Å². The van der Waals surface area contributed by atoms with E-state index >= 15 is 0 Å². The van der Waals surface area contributed by atoms with Crippen LogP contribution in [-0.2, 0) is 0 Å². The lowest BCUT2D eigenvalue weighted by Gasteiger charge is -2.21. The minimum Gasteiger partial charge on any atom is -0.308 e. The molecule has 0 radical (unpaired) electrons. The molecule has 0 amide bonds. The maximum absolute atomic E-state index is 2.61. The number of hydrogen-bond acceptors (Lipinski definition) is 0. The Morgan fingerprint density at radius 3 is 0.779 bits per heavy atom. The van der Waals surface area contributed by atoms with E-state index in [2.05, 4.69) is 397 Å². The van der Waals surface area contributed by atoms with E-state index in [1.165, 1.54) is 120 Å². The van der Waals surface area contributed by atoms with Gasteiger partial charge in [-0.15, -0.1) is 0 Å². The topological polar surface area (TPSA) is 9.86 Å². The first-order valence-electron chi connectivity index (χ1n) is 36.0. The van der Waals surface area contributed by atoms with E-state index in [0.29, 0.717) is 0 Å². The van der Waals surface area contributed by atoms with Gasteiger partial charge in [-0.3, -0.25) is 0 Å². The zero-order valence-corrected chi connectivity index (χ0v) is 56.8. The third-order valence-electron chi connectivity index (χ3n) is 22.0. The summed E-state index contributed by atoms with van der Waals surface area (Å²) >= 11 is 0. The van der Waals surface area contributed by atoms with Gasteiger partial charge in [-0.2, -0.15) is 0 Å². The van der Waals surface area contributed by atoms with Crippen LogP contribution < -0.4 is 0 Å². The first-order chi connectivity index (χ1) is 51.6. The average molecular weight is 1320 g/mol. The summed E-state index contributed by atoms with van der Waals surface area (Å²) < 4.78 is 5.23. The number of fused-ring (bicyclic) bond motifs is 10. The maximum Gasteiger partial charge on any atom is 0.0619 e. The number of benzene rings is 19. The zero-order chi connectivity index (χ0) is 68.3. The van der Waals surface area contributed by atoms with Crippen molar-refractivity contribution < 1.29 is 0 Å². The Morgan fingerprint density at radius 2 is 0.423 bits per heavy atom. The Bertz CT molecular complexity index is 6630. The first-order valence-corrected chi connectivity index (χ1v) is 36.0. The summed E-state index contributed by atoms with van der Waals surface area (Å²) in [4.78, 5) is 0. The molecule has 104 heavy (non-hydrogen) atoms. The smallest absolute Gasteiger partial charge is 0.0619 e. The van der Waals surface area contributed by atoms with E-state index in [9.17, 15) is 0 Å². The largest absolute Gasteiger partial charge is 0.308 e. The molecule has 2 heterocycles. The van der Waals surface area contributed by atoms with Crippen molar-refractivity contribution in [3.8, 4) is 101 Å². The number of hydrogen-bond donors (Lipinski definition) is 0.